The molecule has 0 bridgehead atoms. The van der Waals surface area contributed by atoms with Crippen molar-refractivity contribution < 1.29 is 19.2 Å². The average Bonchev–Trinajstić information content (AvgIpc) is 3.18. The summed E-state index contributed by atoms with van der Waals surface area (Å²) in [5.74, 6) is 0.291. The van der Waals surface area contributed by atoms with Gasteiger partial charge in [-0.3, -0.25) is 4.79 Å². The Morgan fingerprint density at radius 3 is 2.69 bits per heavy atom. The molecule has 0 aliphatic rings. The van der Waals surface area contributed by atoms with Gasteiger partial charge in [0.2, 0.25) is 0 Å². The van der Waals surface area contributed by atoms with Crippen LogP contribution in [0, 0.1) is 0 Å². The van der Waals surface area contributed by atoms with Gasteiger partial charge >= 0.3 is 5.97 Å². The van der Waals surface area contributed by atoms with Gasteiger partial charge in [-0.2, -0.15) is 0 Å². The van der Waals surface area contributed by atoms with Gasteiger partial charge in [-0.05, 0) is 56.0 Å². The lowest BCUT2D eigenvalue weighted by atomic mass is 10.0. The molecule has 0 amide bonds. The zero-order valence-electron chi connectivity index (χ0n) is 18.8. The molecule has 0 aliphatic carbocycles. The molecule has 0 saturated carbocycles. The molecule has 1 atom stereocenters. The quantitative estimate of drug-likeness (QED) is 0.222. The van der Waals surface area contributed by atoms with Crippen molar-refractivity contribution in [2.75, 3.05) is 12.4 Å². The number of thioether (sulfide) groups is 1. The van der Waals surface area contributed by atoms with E-state index >= 15 is 0 Å². The maximum Gasteiger partial charge on any atom is 0.310 e. The third-order valence-electron chi connectivity index (χ3n) is 5.39. The van der Waals surface area contributed by atoms with E-state index in [1.54, 1.807) is 24.8 Å². The fourth-order valence-corrected chi connectivity index (χ4v) is 4.80. The van der Waals surface area contributed by atoms with Gasteiger partial charge in [0.15, 0.2) is 5.58 Å². The summed E-state index contributed by atoms with van der Waals surface area (Å²) < 4.78 is 11.8. The summed E-state index contributed by atoms with van der Waals surface area (Å²) in [4.78, 5) is 12.1. The first-order valence-corrected chi connectivity index (χ1v) is 12.5. The van der Waals surface area contributed by atoms with Crippen LogP contribution in [-0.4, -0.2) is 28.6 Å². The molecule has 0 spiro atoms. The van der Waals surface area contributed by atoms with E-state index in [1.165, 1.54) is 0 Å². The number of rotatable bonds is 12. The number of carboxylic acids is 1. The van der Waals surface area contributed by atoms with Crippen molar-refractivity contribution in [1.29, 1.82) is 0 Å². The number of hydrogen-bond acceptors (Lipinski definition) is 5. The first-order valence-electron chi connectivity index (χ1n) is 11.1. The van der Waals surface area contributed by atoms with Crippen LogP contribution in [0.4, 0.5) is 0 Å². The molecule has 3 rings (SSSR count). The van der Waals surface area contributed by atoms with Gasteiger partial charge in [-0.15, -0.1) is 11.8 Å². The summed E-state index contributed by atoms with van der Waals surface area (Å²) in [6.07, 6.45) is 4.69. The molecule has 32 heavy (non-hydrogen) atoms. The smallest absolute Gasteiger partial charge is 0.310 e. The molecule has 1 heterocycles. The molecular formula is C25H30ClNO4S. The minimum absolute atomic E-state index is 0.572. The second kappa shape index (κ2) is 11.6. The van der Waals surface area contributed by atoms with Crippen LogP contribution in [0.15, 0.2) is 39.8 Å². The SMILES string of the molecule is CCCc1noc2c(CCC)c(OCCCSc3ccc(C(C)C(=O)O)cc3Cl)ccc12. The predicted octanol–water partition coefficient (Wildman–Crippen LogP) is 7.14. The Morgan fingerprint density at radius 2 is 2.00 bits per heavy atom. The number of halogens is 1. The van der Waals surface area contributed by atoms with Gasteiger partial charge in [-0.1, -0.05) is 49.5 Å². The standard InChI is InChI=1S/C25H30ClNO4S/c1-4-7-19-22(11-10-18-21(8-5-2)27-31-24(18)19)30-13-6-14-32-23-12-9-17(15-20(23)26)16(3)25(28)29/h9-12,15-16H,4-8,13-14H2,1-3H3,(H,28,29). The number of nitrogens with zero attached hydrogens (tertiary/aromatic N) is 1. The van der Waals surface area contributed by atoms with Crippen molar-refractivity contribution in [1.82, 2.24) is 5.16 Å². The Morgan fingerprint density at radius 1 is 1.22 bits per heavy atom. The Kier molecular flexibility index (Phi) is 8.88. The molecule has 0 aliphatic heterocycles. The number of ether oxygens (including phenoxy) is 1. The normalized spacial score (nSPS) is 12.2. The fourth-order valence-electron chi connectivity index (χ4n) is 3.60. The second-order valence-corrected chi connectivity index (χ2v) is 9.39. The van der Waals surface area contributed by atoms with Crippen LogP contribution in [0.1, 0.15) is 62.8 Å². The lowest BCUT2D eigenvalue weighted by Crippen LogP contribution is -2.07. The Labute approximate surface area is 198 Å². The average molecular weight is 476 g/mol. The molecule has 5 nitrogen and oxygen atoms in total. The van der Waals surface area contributed by atoms with Crippen molar-refractivity contribution in [2.24, 2.45) is 0 Å². The Balaban J connectivity index is 1.57. The molecule has 0 saturated heterocycles. The van der Waals surface area contributed by atoms with Crippen LogP contribution in [0.3, 0.4) is 0 Å². The molecule has 1 aromatic heterocycles. The van der Waals surface area contributed by atoms with Gasteiger partial charge in [0.05, 0.1) is 23.2 Å². The summed E-state index contributed by atoms with van der Waals surface area (Å²) >= 11 is 8.01. The predicted molar refractivity (Wildman–Crippen MR) is 130 cm³/mol. The van der Waals surface area contributed by atoms with Crippen molar-refractivity contribution >= 4 is 40.3 Å². The van der Waals surface area contributed by atoms with Crippen LogP contribution in [0.2, 0.25) is 5.02 Å². The second-order valence-electron chi connectivity index (χ2n) is 7.85. The van der Waals surface area contributed by atoms with E-state index in [0.29, 0.717) is 17.2 Å². The molecule has 0 radical (unpaired) electrons. The summed E-state index contributed by atoms with van der Waals surface area (Å²) in [5.41, 5.74) is 3.68. The molecular weight excluding hydrogens is 446 g/mol. The molecule has 3 aromatic rings. The highest BCUT2D eigenvalue weighted by Gasteiger charge is 2.17. The largest absolute Gasteiger partial charge is 0.493 e. The molecule has 2 aromatic carbocycles. The number of carboxylic acid groups (broad SMARTS) is 1. The molecule has 172 valence electrons. The fraction of sp³-hybridized carbons (Fsp3) is 0.440. The summed E-state index contributed by atoms with van der Waals surface area (Å²) in [6, 6.07) is 9.57. The van der Waals surface area contributed by atoms with Crippen LogP contribution in [0.25, 0.3) is 11.0 Å². The van der Waals surface area contributed by atoms with Gasteiger partial charge in [0, 0.05) is 21.6 Å². The maximum absolute atomic E-state index is 11.2. The minimum Gasteiger partial charge on any atom is -0.493 e. The topological polar surface area (TPSA) is 72.6 Å². The van der Waals surface area contributed by atoms with E-state index in [2.05, 4.69) is 25.1 Å². The van der Waals surface area contributed by atoms with Gasteiger partial charge in [0.25, 0.3) is 0 Å². The number of aliphatic carboxylic acids is 1. The highest BCUT2D eigenvalue weighted by molar-refractivity contribution is 7.99. The molecule has 1 unspecified atom stereocenters. The van der Waals surface area contributed by atoms with Gasteiger partial charge in [0.1, 0.15) is 5.75 Å². The Bertz CT molecular complexity index is 1070. The number of fused-ring (bicyclic) bond motifs is 1. The van der Waals surface area contributed by atoms with E-state index in [0.717, 1.165) is 70.7 Å². The van der Waals surface area contributed by atoms with Crippen molar-refractivity contribution in [3.63, 3.8) is 0 Å². The summed E-state index contributed by atoms with van der Waals surface area (Å²) in [5, 5.41) is 15.1. The third-order valence-corrected chi connectivity index (χ3v) is 6.98. The van der Waals surface area contributed by atoms with E-state index < -0.39 is 11.9 Å². The molecule has 0 fully saturated rings. The van der Waals surface area contributed by atoms with Crippen LogP contribution in [0.5, 0.6) is 5.75 Å². The lowest BCUT2D eigenvalue weighted by Gasteiger charge is -2.12. The molecule has 7 heteroatoms. The zero-order chi connectivity index (χ0) is 23.1. The van der Waals surface area contributed by atoms with E-state index in [4.69, 9.17) is 26.0 Å². The third kappa shape index (κ3) is 5.78. The summed E-state index contributed by atoms with van der Waals surface area (Å²) in [6.45, 7) is 6.54. The number of carbonyl (C=O) groups is 1. The van der Waals surface area contributed by atoms with Gasteiger partial charge in [-0.25, -0.2) is 0 Å². The van der Waals surface area contributed by atoms with Gasteiger partial charge < -0.3 is 14.4 Å². The van der Waals surface area contributed by atoms with Crippen molar-refractivity contribution in [3.05, 3.63) is 52.2 Å². The highest BCUT2D eigenvalue weighted by atomic mass is 35.5. The number of hydrogen-bond donors (Lipinski definition) is 1. The summed E-state index contributed by atoms with van der Waals surface area (Å²) in [7, 11) is 0. The first kappa shape index (κ1) is 24.5. The van der Waals surface area contributed by atoms with Crippen LogP contribution >= 0.6 is 23.4 Å². The number of aryl methyl sites for hydroxylation is 2. The van der Waals surface area contributed by atoms with E-state index in [-0.39, 0.29) is 0 Å². The maximum atomic E-state index is 11.2. The van der Waals surface area contributed by atoms with Crippen LogP contribution in [-0.2, 0) is 17.6 Å². The van der Waals surface area contributed by atoms with Crippen molar-refractivity contribution in [2.45, 2.75) is 63.7 Å². The van der Waals surface area contributed by atoms with E-state index in [9.17, 15) is 4.79 Å². The Hall–Kier alpha value is -2.18. The lowest BCUT2D eigenvalue weighted by molar-refractivity contribution is -0.138. The van der Waals surface area contributed by atoms with E-state index in [1.807, 2.05) is 18.2 Å². The number of benzene rings is 2. The zero-order valence-corrected chi connectivity index (χ0v) is 20.4. The molecule has 1 N–H and O–H groups in total. The van der Waals surface area contributed by atoms with Crippen molar-refractivity contribution in [3.8, 4) is 5.75 Å². The monoisotopic (exact) mass is 475 g/mol. The highest BCUT2D eigenvalue weighted by Crippen LogP contribution is 2.33. The number of aromatic nitrogens is 1. The first-order chi connectivity index (χ1) is 15.5. The minimum atomic E-state index is -0.855. The van der Waals surface area contributed by atoms with Crippen LogP contribution < -0.4 is 4.74 Å².